The van der Waals surface area contributed by atoms with Crippen LogP contribution in [0.4, 0.5) is 5.82 Å². The molecular formula is C21H26N6. The van der Waals surface area contributed by atoms with E-state index in [9.17, 15) is 0 Å². The van der Waals surface area contributed by atoms with Gasteiger partial charge in [-0.1, -0.05) is 29.8 Å². The molecule has 6 nitrogen and oxygen atoms in total. The second-order valence-electron chi connectivity index (χ2n) is 7.32. The van der Waals surface area contributed by atoms with E-state index in [2.05, 4.69) is 62.1 Å². The van der Waals surface area contributed by atoms with Crippen LogP contribution in [0.25, 0.3) is 5.82 Å². The highest BCUT2D eigenvalue weighted by Gasteiger charge is 2.19. The van der Waals surface area contributed by atoms with Crippen LogP contribution in [0.3, 0.4) is 0 Å². The molecule has 1 saturated heterocycles. The van der Waals surface area contributed by atoms with Crippen LogP contribution in [0.5, 0.6) is 0 Å². The molecule has 0 bridgehead atoms. The van der Waals surface area contributed by atoms with Crippen LogP contribution in [0.1, 0.15) is 22.5 Å². The van der Waals surface area contributed by atoms with Crippen LogP contribution < -0.4 is 4.90 Å². The van der Waals surface area contributed by atoms with Gasteiger partial charge in [0.15, 0.2) is 5.82 Å². The maximum Gasteiger partial charge on any atom is 0.159 e. The predicted octanol–water partition coefficient (Wildman–Crippen LogP) is 2.91. The van der Waals surface area contributed by atoms with Crippen molar-refractivity contribution < 1.29 is 0 Å². The molecule has 4 rings (SSSR count). The molecule has 0 N–H and O–H groups in total. The Morgan fingerprint density at radius 1 is 0.852 bits per heavy atom. The van der Waals surface area contributed by atoms with Crippen LogP contribution in [0.2, 0.25) is 0 Å². The van der Waals surface area contributed by atoms with Gasteiger partial charge >= 0.3 is 0 Å². The number of piperazine rings is 1. The third-order valence-corrected chi connectivity index (χ3v) is 5.09. The predicted molar refractivity (Wildman–Crippen MR) is 107 cm³/mol. The van der Waals surface area contributed by atoms with Crippen molar-refractivity contribution in [3.8, 4) is 5.82 Å². The molecule has 3 aromatic rings. The number of rotatable bonds is 4. The summed E-state index contributed by atoms with van der Waals surface area (Å²) in [6.45, 7) is 11.2. The first-order chi connectivity index (χ1) is 13.1. The Balaban J connectivity index is 1.41. The maximum absolute atomic E-state index is 4.53. The molecule has 0 radical (unpaired) electrons. The molecule has 0 aliphatic carbocycles. The van der Waals surface area contributed by atoms with Crippen molar-refractivity contribution in [2.24, 2.45) is 0 Å². The van der Waals surface area contributed by atoms with Gasteiger partial charge in [-0.15, -0.1) is 0 Å². The Labute approximate surface area is 160 Å². The number of aryl methyl sites for hydroxylation is 3. The van der Waals surface area contributed by atoms with Gasteiger partial charge in [-0.3, -0.25) is 4.90 Å². The van der Waals surface area contributed by atoms with Crippen molar-refractivity contribution in [2.75, 3.05) is 31.1 Å². The van der Waals surface area contributed by atoms with Crippen LogP contribution in [0.15, 0.2) is 42.7 Å². The minimum atomic E-state index is 0.827. The van der Waals surface area contributed by atoms with Gasteiger partial charge < -0.3 is 4.90 Å². The van der Waals surface area contributed by atoms with Gasteiger partial charge in [0.2, 0.25) is 0 Å². The minimum absolute atomic E-state index is 0.827. The van der Waals surface area contributed by atoms with Gasteiger partial charge in [0.25, 0.3) is 0 Å². The molecule has 27 heavy (non-hydrogen) atoms. The van der Waals surface area contributed by atoms with Crippen molar-refractivity contribution in [1.82, 2.24) is 24.6 Å². The van der Waals surface area contributed by atoms with E-state index in [-0.39, 0.29) is 0 Å². The van der Waals surface area contributed by atoms with Gasteiger partial charge in [-0.05, 0) is 32.4 Å². The summed E-state index contributed by atoms with van der Waals surface area (Å²) in [5.74, 6) is 1.80. The summed E-state index contributed by atoms with van der Waals surface area (Å²) in [6.07, 6.45) is 1.64. The average molecular weight is 362 g/mol. The first kappa shape index (κ1) is 17.7. The molecule has 0 spiro atoms. The zero-order valence-electron chi connectivity index (χ0n) is 16.3. The van der Waals surface area contributed by atoms with Crippen LogP contribution in [-0.4, -0.2) is 50.8 Å². The summed E-state index contributed by atoms with van der Waals surface area (Å²) in [6, 6.07) is 12.9. The lowest BCUT2D eigenvalue weighted by atomic mass is 10.1. The Morgan fingerprint density at radius 2 is 1.56 bits per heavy atom. The highest BCUT2D eigenvalue weighted by atomic mass is 15.3. The number of aromatic nitrogens is 4. The summed E-state index contributed by atoms with van der Waals surface area (Å²) in [5.41, 5.74) is 4.77. The molecule has 2 aromatic heterocycles. The van der Waals surface area contributed by atoms with Crippen molar-refractivity contribution in [1.29, 1.82) is 0 Å². The van der Waals surface area contributed by atoms with Crippen molar-refractivity contribution in [3.05, 3.63) is 65.2 Å². The van der Waals surface area contributed by atoms with Crippen molar-refractivity contribution >= 4 is 5.82 Å². The lowest BCUT2D eigenvalue weighted by molar-refractivity contribution is 0.249. The molecule has 0 unspecified atom stereocenters. The lowest BCUT2D eigenvalue weighted by Gasteiger charge is -2.35. The second kappa shape index (κ2) is 7.48. The summed E-state index contributed by atoms with van der Waals surface area (Å²) in [5, 5.41) is 4.53. The monoisotopic (exact) mass is 362 g/mol. The van der Waals surface area contributed by atoms with Gasteiger partial charge in [0, 0.05) is 44.5 Å². The molecule has 1 aliphatic heterocycles. The smallest absolute Gasteiger partial charge is 0.159 e. The zero-order chi connectivity index (χ0) is 18.8. The normalized spacial score (nSPS) is 15.3. The topological polar surface area (TPSA) is 50.1 Å². The first-order valence-electron chi connectivity index (χ1n) is 9.47. The van der Waals surface area contributed by atoms with Gasteiger partial charge in [-0.2, -0.15) is 5.10 Å². The summed E-state index contributed by atoms with van der Waals surface area (Å²) >= 11 is 0. The standard InChI is InChI=1S/C21H26N6/c1-16-4-6-19(7-5-16)14-25-8-10-26(11-9-25)20-13-21(23-15-22-20)27-18(3)12-17(2)24-27/h4-7,12-13,15H,8-11,14H2,1-3H3. The lowest BCUT2D eigenvalue weighted by Crippen LogP contribution is -2.46. The number of hydrogen-bond acceptors (Lipinski definition) is 5. The van der Waals surface area contributed by atoms with Crippen LogP contribution in [-0.2, 0) is 6.54 Å². The molecule has 1 aliphatic rings. The maximum atomic E-state index is 4.53. The number of hydrogen-bond donors (Lipinski definition) is 0. The van der Waals surface area contributed by atoms with E-state index in [1.807, 2.05) is 24.6 Å². The third kappa shape index (κ3) is 4.01. The fourth-order valence-corrected chi connectivity index (χ4v) is 3.57. The zero-order valence-corrected chi connectivity index (χ0v) is 16.3. The molecule has 6 heteroatoms. The fraction of sp³-hybridized carbons (Fsp3) is 0.381. The second-order valence-corrected chi connectivity index (χ2v) is 7.32. The molecule has 1 aromatic carbocycles. The molecule has 140 valence electrons. The molecular weight excluding hydrogens is 336 g/mol. The van der Waals surface area contributed by atoms with Gasteiger partial charge in [0.1, 0.15) is 12.1 Å². The summed E-state index contributed by atoms with van der Waals surface area (Å²) in [7, 11) is 0. The Morgan fingerprint density at radius 3 is 2.22 bits per heavy atom. The molecule has 0 atom stereocenters. The van der Waals surface area contributed by atoms with E-state index in [1.165, 1.54) is 11.1 Å². The Kier molecular flexibility index (Phi) is 4.90. The quantitative estimate of drug-likeness (QED) is 0.714. The first-order valence-corrected chi connectivity index (χ1v) is 9.47. The van der Waals surface area contributed by atoms with Gasteiger partial charge in [0.05, 0.1) is 5.69 Å². The van der Waals surface area contributed by atoms with Gasteiger partial charge in [-0.25, -0.2) is 14.6 Å². The van der Waals surface area contributed by atoms with Crippen LogP contribution >= 0.6 is 0 Å². The highest BCUT2D eigenvalue weighted by molar-refractivity contribution is 5.44. The number of nitrogens with zero attached hydrogens (tertiary/aromatic N) is 6. The van der Waals surface area contributed by atoms with Crippen molar-refractivity contribution in [3.63, 3.8) is 0 Å². The number of benzene rings is 1. The van der Waals surface area contributed by atoms with E-state index >= 15 is 0 Å². The molecule has 1 fully saturated rings. The minimum Gasteiger partial charge on any atom is -0.354 e. The molecule has 0 amide bonds. The van der Waals surface area contributed by atoms with E-state index in [1.54, 1.807) is 6.33 Å². The number of anilines is 1. The molecule has 0 saturated carbocycles. The SMILES string of the molecule is Cc1ccc(CN2CCN(c3cc(-n4nc(C)cc4C)ncn3)CC2)cc1. The van der Waals surface area contributed by atoms with E-state index in [4.69, 9.17) is 0 Å². The fourth-order valence-electron chi connectivity index (χ4n) is 3.57. The Hall–Kier alpha value is -2.73. The van der Waals surface area contributed by atoms with E-state index in [0.29, 0.717) is 0 Å². The average Bonchev–Trinajstić information content (AvgIpc) is 3.02. The van der Waals surface area contributed by atoms with E-state index < -0.39 is 0 Å². The van der Waals surface area contributed by atoms with Crippen LogP contribution in [0, 0.1) is 20.8 Å². The summed E-state index contributed by atoms with van der Waals surface area (Å²) < 4.78 is 1.88. The molecule has 3 heterocycles. The largest absolute Gasteiger partial charge is 0.354 e. The third-order valence-electron chi connectivity index (χ3n) is 5.09. The summed E-state index contributed by atoms with van der Waals surface area (Å²) in [4.78, 5) is 13.7. The Bertz CT molecular complexity index is 907. The van der Waals surface area contributed by atoms with E-state index in [0.717, 1.165) is 55.7 Å². The van der Waals surface area contributed by atoms with Crippen molar-refractivity contribution in [2.45, 2.75) is 27.3 Å². The highest BCUT2D eigenvalue weighted by Crippen LogP contribution is 2.18.